The van der Waals surface area contributed by atoms with Crippen molar-refractivity contribution in [2.45, 2.75) is 0 Å². The Morgan fingerprint density at radius 2 is 1.06 bits per heavy atom. The number of rotatable bonds is 4. The fourth-order valence-electron chi connectivity index (χ4n) is 1.84. The highest BCUT2D eigenvalue weighted by atomic mass is 14.8. The molecule has 0 unspecified atom stereocenters. The van der Waals surface area contributed by atoms with Crippen molar-refractivity contribution < 1.29 is 0 Å². The Morgan fingerprint density at radius 1 is 0.722 bits per heavy atom. The zero-order valence-electron chi connectivity index (χ0n) is 10.8. The van der Waals surface area contributed by atoms with Crippen molar-refractivity contribution in [3.05, 3.63) is 66.2 Å². The zero-order chi connectivity index (χ0) is 13.0. The van der Waals surface area contributed by atoms with Crippen LogP contribution in [0.4, 0.5) is 11.4 Å². The maximum atomic E-state index is 4.17. The summed E-state index contributed by atoms with van der Waals surface area (Å²) in [4.78, 5) is 0. The Hall–Kier alpha value is -2.22. The average molecular weight is 238 g/mol. The molecule has 92 valence electrons. The number of hydrogen-bond acceptors (Lipinski definition) is 2. The van der Waals surface area contributed by atoms with Crippen LogP contribution >= 0.6 is 0 Å². The van der Waals surface area contributed by atoms with Crippen molar-refractivity contribution in [2.75, 3.05) is 24.7 Å². The largest absolute Gasteiger partial charge is 0.388 e. The summed E-state index contributed by atoms with van der Waals surface area (Å²) >= 11 is 0. The number of hydrogen-bond donors (Lipinski definition) is 2. The van der Waals surface area contributed by atoms with Crippen molar-refractivity contribution in [3.63, 3.8) is 0 Å². The predicted octanol–water partition coefficient (Wildman–Crippen LogP) is 3.83. The summed E-state index contributed by atoms with van der Waals surface area (Å²) in [7, 11) is 3.83. The lowest BCUT2D eigenvalue weighted by molar-refractivity contribution is 1.47. The van der Waals surface area contributed by atoms with Gasteiger partial charge in [-0.05, 0) is 41.0 Å². The van der Waals surface area contributed by atoms with Crippen LogP contribution in [0, 0.1) is 0 Å². The van der Waals surface area contributed by atoms with E-state index in [4.69, 9.17) is 0 Å². The first-order chi connectivity index (χ1) is 8.74. The molecule has 0 aromatic heterocycles. The summed E-state index contributed by atoms with van der Waals surface area (Å²) in [5.74, 6) is 0. The van der Waals surface area contributed by atoms with Crippen molar-refractivity contribution >= 4 is 16.9 Å². The number of benzene rings is 2. The number of anilines is 2. The van der Waals surface area contributed by atoms with Gasteiger partial charge in [-0.1, -0.05) is 30.8 Å². The van der Waals surface area contributed by atoms with E-state index in [1.165, 1.54) is 0 Å². The van der Waals surface area contributed by atoms with Gasteiger partial charge < -0.3 is 10.6 Å². The van der Waals surface area contributed by atoms with E-state index in [1.807, 2.05) is 14.1 Å². The van der Waals surface area contributed by atoms with E-state index < -0.39 is 0 Å². The molecule has 0 saturated heterocycles. The Balaban J connectivity index is 2.23. The molecule has 0 spiro atoms. The molecule has 0 heterocycles. The van der Waals surface area contributed by atoms with Crippen LogP contribution in [0.1, 0.15) is 11.1 Å². The van der Waals surface area contributed by atoms with Gasteiger partial charge in [-0.25, -0.2) is 0 Å². The van der Waals surface area contributed by atoms with E-state index in [0.29, 0.717) is 0 Å². The van der Waals surface area contributed by atoms with E-state index >= 15 is 0 Å². The van der Waals surface area contributed by atoms with E-state index in [2.05, 4.69) is 65.7 Å². The van der Waals surface area contributed by atoms with Gasteiger partial charge in [0.2, 0.25) is 0 Å². The van der Waals surface area contributed by atoms with E-state index in [0.717, 1.165) is 28.1 Å². The third-order valence-corrected chi connectivity index (χ3v) is 3.04. The molecule has 0 fully saturated rings. The second-order valence-electron chi connectivity index (χ2n) is 4.13. The minimum Gasteiger partial charge on any atom is -0.388 e. The van der Waals surface area contributed by atoms with Crippen LogP contribution in [0.15, 0.2) is 55.1 Å². The minimum absolute atomic E-state index is 1.04. The Bertz CT molecular complexity index is 475. The molecule has 2 aromatic carbocycles. The summed E-state index contributed by atoms with van der Waals surface area (Å²) in [5, 5.41) is 6.22. The lowest BCUT2D eigenvalue weighted by atomic mass is 9.99. The van der Waals surface area contributed by atoms with Crippen LogP contribution < -0.4 is 10.6 Å². The zero-order valence-corrected chi connectivity index (χ0v) is 10.8. The Morgan fingerprint density at radius 3 is 1.33 bits per heavy atom. The van der Waals surface area contributed by atoms with Gasteiger partial charge >= 0.3 is 0 Å². The summed E-state index contributed by atoms with van der Waals surface area (Å²) in [6, 6.07) is 16.6. The normalized spacial score (nSPS) is 9.89. The highest BCUT2D eigenvalue weighted by molar-refractivity contribution is 5.79. The molecule has 2 N–H and O–H groups in total. The van der Waals surface area contributed by atoms with Crippen molar-refractivity contribution in [1.29, 1.82) is 0 Å². The number of nitrogens with one attached hydrogen (secondary N) is 2. The van der Waals surface area contributed by atoms with Crippen molar-refractivity contribution in [3.8, 4) is 0 Å². The summed E-state index contributed by atoms with van der Waals surface area (Å²) < 4.78 is 0. The van der Waals surface area contributed by atoms with Crippen LogP contribution in [-0.2, 0) is 0 Å². The first-order valence-corrected chi connectivity index (χ1v) is 6.00. The fraction of sp³-hybridized carbons (Fsp3) is 0.125. The molecular weight excluding hydrogens is 220 g/mol. The standard InChI is InChI=1S/C16H18N2/c1-12(13-4-8-15(17-2)9-5-13)14-6-10-16(18-3)11-7-14/h4-11,17-18H,1H2,2-3H3. The van der Waals surface area contributed by atoms with Crippen LogP contribution in [-0.4, -0.2) is 14.1 Å². The van der Waals surface area contributed by atoms with E-state index in [-0.39, 0.29) is 0 Å². The van der Waals surface area contributed by atoms with Gasteiger partial charge in [-0.2, -0.15) is 0 Å². The summed E-state index contributed by atoms with van der Waals surface area (Å²) in [6.45, 7) is 4.17. The van der Waals surface area contributed by atoms with Gasteiger partial charge in [0, 0.05) is 25.5 Å². The topological polar surface area (TPSA) is 24.1 Å². The lowest BCUT2D eigenvalue weighted by Gasteiger charge is -2.08. The molecule has 0 saturated carbocycles. The van der Waals surface area contributed by atoms with Gasteiger partial charge in [-0.15, -0.1) is 0 Å². The molecule has 18 heavy (non-hydrogen) atoms. The molecule has 2 aromatic rings. The van der Waals surface area contributed by atoms with Crippen molar-refractivity contribution in [1.82, 2.24) is 0 Å². The van der Waals surface area contributed by atoms with Gasteiger partial charge in [0.25, 0.3) is 0 Å². The lowest BCUT2D eigenvalue weighted by Crippen LogP contribution is -1.91. The van der Waals surface area contributed by atoms with E-state index in [1.54, 1.807) is 0 Å². The quantitative estimate of drug-likeness (QED) is 0.846. The highest BCUT2D eigenvalue weighted by Crippen LogP contribution is 2.24. The molecule has 0 radical (unpaired) electrons. The predicted molar refractivity (Wildman–Crippen MR) is 80.1 cm³/mol. The van der Waals surface area contributed by atoms with Gasteiger partial charge in [0.15, 0.2) is 0 Å². The molecule has 0 atom stereocenters. The molecule has 0 amide bonds. The maximum Gasteiger partial charge on any atom is 0.0337 e. The summed E-state index contributed by atoms with van der Waals surface area (Å²) in [5.41, 5.74) is 5.55. The highest BCUT2D eigenvalue weighted by Gasteiger charge is 2.02. The molecule has 0 aliphatic heterocycles. The molecule has 2 nitrogen and oxygen atoms in total. The third kappa shape index (κ3) is 2.54. The minimum atomic E-state index is 1.04. The molecule has 0 bridgehead atoms. The third-order valence-electron chi connectivity index (χ3n) is 3.04. The summed E-state index contributed by atoms with van der Waals surface area (Å²) in [6.07, 6.45) is 0. The van der Waals surface area contributed by atoms with E-state index in [9.17, 15) is 0 Å². The van der Waals surface area contributed by atoms with Crippen LogP contribution in [0.25, 0.3) is 5.57 Å². The van der Waals surface area contributed by atoms with Gasteiger partial charge in [-0.3, -0.25) is 0 Å². The SMILES string of the molecule is C=C(c1ccc(NC)cc1)c1ccc(NC)cc1. The van der Waals surface area contributed by atoms with Crippen LogP contribution in [0.2, 0.25) is 0 Å². The Labute approximate surface area is 108 Å². The monoisotopic (exact) mass is 238 g/mol. The van der Waals surface area contributed by atoms with Gasteiger partial charge in [0.1, 0.15) is 0 Å². The molecule has 2 rings (SSSR count). The molecule has 0 aliphatic rings. The fourth-order valence-corrected chi connectivity index (χ4v) is 1.84. The van der Waals surface area contributed by atoms with Crippen LogP contribution in [0.5, 0.6) is 0 Å². The first kappa shape index (κ1) is 12.2. The smallest absolute Gasteiger partial charge is 0.0337 e. The average Bonchev–Trinajstić information content (AvgIpc) is 2.47. The molecule has 2 heteroatoms. The van der Waals surface area contributed by atoms with Gasteiger partial charge in [0.05, 0.1) is 0 Å². The second-order valence-corrected chi connectivity index (χ2v) is 4.13. The maximum absolute atomic E-state index is 4.17. The van der Waals surface area contributed by atoms with Crippen LogP contribution in [0.3, 0.4) is 0 Å². The first-order valence-electron chi connectivity index (χ1n) is 6.00. The van der Waals surface area contributed by atoms with Crippen molar-refractivity contribution in [2.24, 2.45) is 0 Å². The molecule has 0 aliphatic carbocycles. The molecular formula is C16H18N2. The Kier molecular flexibility index (Phi) is 3.68. The second kappa shape index (κ2) is 5.41.